The molecule has 6 unspecified atom stereocenters. The lowest BCUT2D eigenvalue weighted by Gasteiger charge is -2.55. The van der Waals surface area contributed by atoms with Crippen molar-refractivity contribution in [3.05, 3.63) is 0 Å². The van der Waals surface area contributed by atoms with Crippen LogP contribution in [0.4, 0.5) is 17.6 Å². The summed E-state index contributed by atoms with van der Waals surface area (Å²) in [5, 5.41) is 5.02. The van der Waals surface area contributed by atoms with Crippen LogP contribution in [0.25, 0.3) is 0 Å². The van der Waals surface area contributed by atoms with Crippen LogP contribution in [0, 0.1) is 23.7 Å². The first kappa shape index (κ1) is 23.2. The van der Waals surface area contributed by atoms with Crippen molar-refractivity contribution in [2.24, 2.45) is 23.7 Å². The maximum atomic E-state index is 13.8. The van der Waals surface area contributed by atoms with E-state index in [4.69, 9.17) is 9.29 Å². The van der Waals surface area contributed by atoms with Gasteiger partial charge >= 0.3 is 33.2 Å². The Morgan fingerprint density at radius 2 is 1.73 bits per heavy atom. The van der Waals surface area contributed by atoms with Gasteiger partial charge in [0.25, 0.3) is 0 Å². The fourth-order valence-corrected chi connectivity index (χ4v) is 5.91. The summed E-state index contributed by atoms with van der Waals surface area (Å²) in [6.07, 6.45) is -1.71. The molecule has 0 aromatic carbocycles. The molecular weight excluding hydrogens is 440 g/mol. The van der Waals surface area contributed by atoms with Gasteiger partial charge in [-0.05, 0) is 55.8 Å². The number of esters is 2. The third kappa shape index (κ3) is 4.15. The molecule has 3 rings (SSSR count). The molecule has 0 spiro atoms. The predicted octanol–water partition coefficient (Wildman–Crippen LogP) is 1.77. The Morgan fingerprint density at radius 1 is 1.07 bits per heavy atom. The molecule has 3 bridgehead atoms. The van der Waals surface area contributed by atoms with E-state index in [1.165, 1.54) is 0 Å². The van der Waals surface area contributed by atoms with Gasteiger partial charge in [-0.3, -0.25) is 4.55 Å². The number of rotatable bonds is 6. The number of alkyl halides is 4. The largest absolute Gasteiger partial charge is 0.463 e. The standard InChI is InChI=1S/C17H22F4O8S/c18-16(17(19,20)21,30(25,26)27)14(23)29-8-13(22)28-7-11-6-15(24)4-9-1-2-12(11)10(3-9)5-15/h9-12,24H,1-8H2,(H,25,26,27). The van der Waals surface area contributed by atoms with E-state index in [1.54, 1.807) is 0 Å². The minimum atomic E-state index is -6.57. The van der Waals surface area contributed by atoms with Gasteiger partial charge < -0.3 is 14.6 Å². The third-order valence-electron chi connectivity index (χ3n) is 6.47. The van der Waals surface area contributed by atoms with E-state index in [1.807, 2.05) is 0 Å². The van der Waals surface area contributed by atoms with Crippen molar-refractivity contribution >= 4 is 22.1 Å². The molecule has 0 saturated heterocycles. The van der Waals surface area contributed by atoms with Gasteiger partial charge in [0.2, 0.25) is 0 Å². The second-order valence-corrected chi connectivity index (χ2v) is 10.0. The molecule has 3 aliphatic carbocycles. The Labute approximate surface area is 169 Å². The van der Waals surface area contributed by atoms with Crippen molar-refractivity contribution in [2.75, 3.05) is 13.2 Å². The van der Waals surface area contributed by atoms with Crippen LogP contribution >= 0.6 is 0 Å². The monoisotopic (exact) mass is 462 g/mol. The van der Waals surface area contributed by atoms with E-state index in [2.05, 4.69) is 4.74 Å². The zero-order chi connectivity index (χ0) is 22.5. The molecule has 3 saturated carbocycles. The topological polar surface area (TPSA) is 127 Å². The number of carbonyl (C=O) groups is 2. The van der Waals surface area contributed by atoms with Crippen LogP contribution in [0.3, 0.4) is 0 Å². The van der Waals surface area contributed by atoms with Gasteiger partial charge in [0, 0.05) is 0 Å². The highest BCUT2D eigenvalue weighted by Crippen LogP contribution is 2.56. The van der Waals surface area contributed by atoms with E-state index in [0.29, 0.717) is 31.1 Å². The highest BCUT2D eigenvalue weighted by molar-refractivity contribution is 7.88. The van der Waals surface area contributed by atoms with Gasteiger partial charge in [0.05, 0.1) is 12.2 Å². The fraction of sp³-hybridized carbons (Fsp3) is 0.882. The molecule has 3 fully saturated rings. The van der Waals surface area contributed by atoms with Crippen LogP contribution in [0.15, 0.2) is 0 Å². The Hall–Kier alpha value is -1.47. The average Bonchev–Trinajstić information content (AvgIpc) is 2.59. The lowest BCUT2D eigenvalue weighted by Crippen LogP contribution is -2.55. The molecule has 0 aromatic heterocycles. The maximum Gasteiger partial charge on any atom is 0.451 e. The molecule has 8 nitrogen and oxygen atoms in total. The first-order valence-electron chi connectivity index (χ1n) is 9.44. The lowest BCUT2D eigenvalue weighted by atomic mass is 9.52. The average molecular weight is 462 g/mol. The number of aliphatic hydroxyl groups is 1. The first-order valence-corrected chi connectivity index (χ1v) is 10.9. The Kier molecular flexibility index (Phi) is 5.87. The summed E-state index contributed by atoms with van der Waals surface area (Å²) >= 11 is 0. The van der Waals surface area contributed by atoms with Crippen molar-refractivity contribution in [3.63, 3.8) is 0 Å². The van der Waals surface area contributed by atoms with Crippen molar-refractivity contribution < 1.29 is 54.7 Å². The summed E-state index contributed by atoms with van der Waals surface area (Å²) in [6.45, 7) is -1.63. The minimum Gasteiger partial charge on any atom is -0.463 e. The van der Waals surface area contributed by atoms with E-state index in [9.17, 15) is 40.7 Å². The number of halogens is 4. The van der Waals surface area contributed by atoms with E-state index in [0.717, 1.165) is 19.3 Å². The van der Waals surface area contributed by atoms with Crippen LogP contribution in [-0.4, -0.2) is 60.0 Å². The van der Waals surface area contributed by atoms with E-state index in [-0.39, 0.29) is 18.4 Å². The molecule has 2 N–H and O–H groups in total. The van der Waals surface area contributed by atoms with Gasteiger partial charge in [-0.25, -0.2) is 14.0 Å². The summed E-state index contributed by atoms with van der Waals surface area (Å²) in [6, 6.07) is 0. The van der Waals surface area contributed by atoms with Crippen molar-refractivity contribution in [2.45, 2.75) is 55.3 Å². The van der Waals surface area contributed by atoms with Crippen LogP contribution in [-0.2, 0) is 29.2 Å². The number of fused-ring (bicyclic) bond motifs is 2. The van der Waals surface area contributed by atoms with Crippen LogP contribution in [0.5, 0.6) is 0 Å². The highest BCUT2D eigenvalue weighted by Gasteiger charge is 2.72. The van der Waals surface area contributed by atoms with Crippen LogP contribution in [0.1, 0.15) is 38.5 Å². The normalized spacial score (nSPS) is 35.4. The molecule has 0 aromatic rings. The Balaban J connectivity index is 1.56. The molecular formula is C17H22F4O8S. The maximum absolute atomic E-state index is 13.8. The third-order valence-corrected chi connectivity index (χ3v) is 7.58. The predicted molar refractivity (Wildman–Crippen MR) is 90.0 cm³/mol. The smallest absolute Gasteiger partial charge is 0.451 e. The first-order chi connectivity index (χ1) is 13.7. The highest BCUT2D eigenvalue weighted by atomic mass is 32.2. The van der Waals surface area contributed by atoms with Crippen molar-refractivity contribution in [1.82, 2.24) is 0 Å². The van der Waals surface area contributed by atoms with Gasteiger partial charge in [-0.15, -0.1) is 0 Å². The Morgan fingerprint density at radius 3 is 2.33 bits per heavy atom. The summed E-state index contributed by atoms with van der Waals surface area (Å²) in [4.78, 5) is 23.1. The fourth-order valence-electron chi connectivity index (χ4n) is 5.35. The van der Waals surface area contributed by atoms with Gasteiger partial charge in [0.1, 0.15) is 0 Å². The number of hydrogen-bond donors (Lipinski definition) is 2. The molecule has 13 heteroatoms. The van der Waals surface area contributed by atoms with Crippen LogP contribution in [0.2, 0.25) is 0 Å². The summed E-state index contributed by atoms with van der Waals surface area (Å²) in [7, 11) is -6.57. The van der Waals surface area contributed by atoms with Gasteiger partial charge in [0.15, 0.2) is 6.61 Å². The zero-order valence-corrected chi connectivity index (χ0v) is 16.5. The van der Waals surface area contributed by atoms with E-state index >= 15 is 0 Å². The summed E-state index contributed by atoms with van der Waals surface area (Å²) in [5.41, 5.74) is -0.843. The van der Waals surface area contributed by atoms with Gasteiger partial charge in [-0.1, -0.05) is 6.42 Å². The number of carbonyl (C=O) groups excluding carboxylic acids is 2. The molecule has 0 radical (unpaired) electrons. The van der Waals surface area contributed by atoms with Crippen LogP contribution < -0.4 is 0 Å². The number of hydrogen-bond acceptors (Lipinski definition) is 7. The minimum absolute atomic E-state index is 0.164. The Bertz CT molecular complexity index is 811. The molecule has 6 atom stereocenters. The quantitative estimate of drug-likeness (QED) is 0.347. The summed E-state index contributed by atoms with van der Waals surface area (Å²) in [5.74, 6) is -3.48. The number of ether oxygens (including phenoxy) is 2. The molecule has 0 amide bonds. The second-order valence-electron chi connectivity index (χ2n) is 8.53. The molecule has 3 aliphatic rings. The molecule has 0 aliphatic heterocycles. The van der Waals surface area contributed by atoms with Crippen molar-refractivity contribution in [1.29, 1.82) is 0 Å². The SMILES string of the molecule is O=C(COC(=O)C(F)(C(F)(F)F)S(=O)(=O)O)OCC1CC2(O)CC3CCC1C(C3)C2. The van der Waals surface area contributed by atoms with E-state index < -0.39 is 45.4 Å². The second kappa shape index (κ2) is 7.59. The molecule has 30 heavy (non-hydrogen) atoms. The lowest BCUT2D eigenvalue weighted by molar-refractivity contribution is -0.216. The summed E-state index contributed by atoms with van der Waals surface area (Å²) < 4.78 is 90.4. The van der Waals surface area contributed by atoms with Gasteiger partial charge in [-0.2, -0.15) is 21.6 Å². The molecule has 0 heterocycles. The zero-order valence-electron chi connectivity index (χ0n) is 15.7. The molecule has 172 valence electrons. The van der Waals surface area contributed by atoms with Crippen molar-refractivity contribution in [3.8, 4) is 0 Å².